The Kier molecular flexibility index (Phi) is 5.46. The fourth-order valence-corrected chi connectivity index (χ4v) is 4.77. The van der Waals surface area contributed by atoms with Crippen LogP contribution in [0, 0.1) is 6.92 Å². The molecule has 0 atom stereocenters. The van der Waals surface area contributed by atoms with Gasteiger partial charge in [0.05, 0.1) is 5.39 Å². The molecular formula is C27H23N3S. The summed E-state index contributed by atoms with van der Waals surface area (Å²) in [5.41, 5.74) is 6.18. The zero-order chi connectivity index (χ0) is 21.0. The van der Waals surface area contributed by atoms with Gasteiger partial charge in [0.2, 0.25) is 0 Å². The lowest BCUT2D eigenvalue weighted by atomic mass is 10.0. The number of aromatic nitrogens is 2. The summed E-state index contributed by atoms with van der Waals surface area (Å²) < 4.78 is 0. The average molecular weight is 422 g/mol. The van der Waals surface area contributed by atoms with Gasteiger partial charge in [-0.15, -0.1) is 11.3 Å². The van der Waals surface area contributed by atoms with E-state index in [1.165, 1.54) is 27.8 Å². The normalized spacial score (nSPS) is 11.0. The van der Waals surface area contributed by atoms with Crippen molar-refractivity contribution in [1.29, 1.82) is 0 Å². The summed E-state index contributed by atoms with van der Waals surface area (Å²) in [7, 11) is 0. The lowest BCUT2D eigenvalue weighted by Gasteiger charge is -2.25. The third-order valence-corrected chi connectivity index (χ3v) is 6.33. The van der Waals surface area contributed by atoms with Gasteiger partial charge in [-0.2, -0.15) is 0 Å². The van der Waals surface area contributed by atoms with Crippen molar-refractivity contribution in [2.45, 2.75) is 20.0 Å². The molecule has 2 heterocycles. The van der Waals surface area contributed by atoms with Crippen LogP contribution >= 0.6 is 11.3 Å². The van der Waals surface area contributed by atoms with Gasteiger partial charge in [-0.05, 0) is 23.6 Å². The molecule has 0 saturated heterocycles. The van der Waals surface area contributed by atoms with Crippen LogP contribution in [0.15, 0.2) is 96.6 Å². The number of aryl methyl sites for hydroxylation is 1. The third-order valence-electron chi connectivity index (χ3n) is 5.44. The van der Waals surface area contributed by atoms with E-state index in [0.717, 1.165) is 29.1 Å². The Bertz CT molecular complexity index is 1240. The minimum Gasteiger partial charge on any atom is -0.347 e. The second-order valence-electron chi connectivity index (χ2n) is 7.72. The van der Waals surface area contributed by atoms with Crippen LogP contribution < -0.4 is 4.90 Å². The minimum atomic E-state index is 0.783. The van der Waals surface area contributed by atoms with E-state index in [4.69, 9.17) is 4.98 Å². The summed E-state index contributed by atoms with van der Waals surface area (Å²) in [4.78, 5) is 12.8. The predicted molar refractivity (Wildman–Crippen MR) is 130 cm³/mol. The lowest BCUT2D eigenvalue weighted by molar-refractivity contribution is 0.786. The van der Waals surface area contributed by atoms with Crippen LogP contribution in [0.4, 0.5) is 5.82 Å². The van der Waals surface area contributed by atoms with Gasteiger partial charge in [0.1, 0.15) is 17.0 Å². The molecule has 5 aromatic rings. The van der Waals surface area contributed by atoms with Gasteiger partial charge in [0.25, 0.3) is 0 Å². The molecule has 0 N–H and O–H groups in total. The second kappa shape index (κ2) is 8.70. The number of nitrogens with zero attached hydrogens (tertiary/aromatic N) is 3. The van der Waals surface area contributed by atoms with E-state index in [1.54, 1.807) is 17.7 Å². The zero-order valence-electron chi connectivity index (χ0n) is 17.4. The predicted octanol–water partition coefficient (Wildman–Crippen LogP) is 6.87. The monoisotopic (exact) mass is 421 g/mol. The number of hydrogen-bond acceptors (Lipinski definition) is 4. The molecule has 152 valence electrons. The Morgan fingerprint density at radius 2 is 1.35 bits per heavy atom. The fourth-order valence-electron chi connectivity index (χ4n) is 3.86. The topological polar surface area (TPSA) is 29.0 Å². The van der Waals surface area contributed by atoms with Crippen molar-refractivity contribution >= 4 is 27.4 Å². The molecule has 0 radical (unpaired) electrons. The SMILES string of the molecule is Cc1ccc(-c2csc3ncnc(N(Cc4ccccc4)Cc4ccccc4)c23)cc1. The smallest absolute Gasteiger partial charge is 0.142 e. The molecule has 31 heavy (non-hydrogen) atoms. The van der Waals surface area contributed by atoms with Crippen molar-refractivity contribution in [1.82, 2.24) is 9.97 Å². The summed E-state index contributed by atoms with van der Waals surface area (Å²) in [5, 5.41) is 3.33. The molecule has 3 nitrogen and oxygen atoms in total. The summed E-state index contributed by atoms with van der Waals surface area (Å²) in [6.07, 6.45) is 1.69. The van der Waals surface area contributed by atoms with E-state index in [1.807, 2.05) is 0 Å². The highest BCUT2D eigenvalue weighted by atomic mass is 32.1. The molecule has 0 amide bonds. The molecular weight excluding hydrogens is 398 g/mol. The van der Waals surface area contributed by atoms with Gasteiger partial charge in [-0.1, -0.05) is 90.5 Å². The van der Waals surface area contributed by atoms with Crippen molar-refractivity contribution in [3.8, 4) is 11.1 Å². The first kappa shape index (κ1) is 19.5. The maximum atomic E-state index is 4.80. The van der Waals surface area contributed by atoms with Gasteiger partial charge < -0.3 is 4.90 Å². The maximum Gasteiger partial charge on any atom is 0.142 e. The van der Waals surface area contributed by atoms with Crippen LogP contribution in [0.2, 0.25) is 0 Å². The molecule has 0 unspecified atom stereocenters. The van der Waals surface area contributed by atoms with E-state index in [9.17, 15) is 0 Å². The van der Waals surface area contributed by atoms with Gasteiger partial charge in [0, 0.05) is 24.0 Å². The first-order chi connectivity index (χ1) is 15.3. The molecule has 2 aromatic heterocycles. The largest absolute Gasteiger partial charge is 0.347 e. The molecule has 0 bridgehead atoms. The number of hydrogen-bond donors (Lipinski definition) is 0. The Hall–Kier alpha value is -3.50. The summed E-state index contributed by atoms with van der Waals surface area (Å²) in [6, 6.07) is 29.9. The van der Waals surface area contributed by atoms with Crippen molar-refractivity contribution in [2.24, 2.45) is 0 Å². The quantitative estimate of drug-likeness (QED) is 0.299. The molecule has 0 aliphatic carbocycles. The second-order valence-corrected chi connectivity index (χ2v) is 8.58. The average Bonchev–Trinajstić information content (AvgIpc) is 3.25. The number of benzene rings is 3. The standard InChI is InChI=1S/C27H23N3S/c1-20-12-14-23(15-13-20)24-18-31-27-25(24)26(28-19-29-27)30(16-21-8-4-2-5-9-21)17-22-10-6-3-7-11-22/h2-15,18-19H,16-17H2,1H3. The van der Waals surface area contributed by atoms with Crippen LogP contribution in [0.1, 0.15) is 16.7 Å². The molecule has 5 rings (SSSR count). The molecule has 0 fully saturated rings. The van der Waals surface area contributed by atoms with E-state index in [0.29, 0.717) is 0 Å². The van der Waals surface area contributed by atoms with Gasteiger partial charge in [-0.3, -0.25) is 0 Å². The Labute approximate surface area is 186 Å². The maximum absolute atomic E-state index is 4.80. The van der Waals surface area contributed by atoms with Crippen molar-refractivity contribution < 1.29 is 0 Å². The van der Waals surface area contributed by atoms with Crippen LogP contribution in [0.3, 0.4) is 0 Å². The molecule has 4 heteroatoms. The van der Waals surface area contributed by atoms with E-state index in [2.05, 4.69) is 107 Å². The molecule has 0 aliphatic heterocycles. The Morgan fingerprint density at radius 3 is 1.97 bits per heavy atom. The Balaban J connectivity index is 1.63. The first-order valence-corrected chi connectivity index (χ1v) is 11.3. The fraction of sp³-hybridized carbons (Fsp3) is 0.111. The van der Waals surface area contributed by atoms with Gasteiger partial charge >= 0.3 is 0 Å². The first-order valence-electron chi connectivity index (χ1n) is 10.4. The highest BCUT2D eigenvalue weighted by Gasteiger charge is 2.19. The van der Waals surface area contributed by atoms with Crippen molar-refractivity contribution in [3.63, 3.8) is 0 Å². The third kappa shape index (κ3) is 4.21. The molecule has 0 saturated carbocycles. The number of thiophene rings is 1. The van der Waals surface area contributed by atoms with E-state index >= 15 is 0 Å². The Morgan fingerprint density at radius 1 is 0.742 bits per heavy atom. The van der Waals surface area contributed by atoms with Crippen LogP contribution in [-0.2, 0) is 13.1 Å². The molecule has 0 spiro atoms. The molecule has 3 aromatic carbocycles. The van der Waals surface area contributed by atoms with Gasteiger partial charge in [-0.25, -0.2) is 9.97 Å². The highest BCUT2D eigenvalue weighted by molar-refractivity contribution is 7.17. The van der Waals surface area contributed by atoms with Crippen LogP contribution in [-0.4, -0.2) is 9.97 Å². The number of fused-ring (bicyclic) bond motifs is 1. The summed E-state index contributed by atoms with van der Waals surface area (Å²) >= 11 is 1.68. The van der Waals surface area contributed by atoms with Gasteiger partial charge in [0.15, 0.2) is 0 Å². The summed E-state index contributed by atoms with van der Waals surface area (Å²) in [6.45, 7) is 3.68. The number of rotatable bonds is 6. The van der Waals surface area contributed by atoms with Crippen molar-refractivity contribution in [3.05, 3.63) is 113 Å². The van der Waals surface area contributed by atoms with Crippen LogP contribution in [0.5, 0.6) is 0 Å². The number of anilines is 1. The van der Waals surface area contributed by atoms with Crippen LogP contribution in [0.25, 0.3) is 21.3 Å². The summed E-state index contributed by atoms with van der Waals surface area (Å²) in [5.74, 6) is 0.981. The highest BCUT2D eigenvalue weighted by Crippen LogP contribution is 2.38. The minimum absolute atomic E-state index is 0.783. The van der Waals surface area contributed by atoms with Crippen molar-refractivity contribution in [2.75, 3.05) is 4.90 Å². The van der Waals surface area contributed by atoms with E-state index < -0.39 is 0 Å². The zero-order valence-corrected chi connectivity index (χ0v) is 18.2. The molecule has 0 aliphatic rings. The lowest BCUT2D eigenvalue weighted by Crippen LogP contribution is -2.23. The van der Waals surface area contributed by atoms with E-state index in [-0.39, 0.29) is 0 Å².